The largest absolute Gasteiger partial charge is 0.497 e. The summed E-state index contributed by atoms with van der Waals surface area (Å²) in [4.78, 5) is 14.6. The number of aromatic nitrogens is 1. The van der Waals surface area contributed by atoms with Gasteiger partial charge in [-0.1, -0.05) is 6.92 Å². The highest BCUT2D eigenvalue weighted by atomic mass is 16.5. The van der Waals surface area contributed by atoms with E-state index in [-0.39, 0.29) is 5.78 Å². The number of ketones is 1. The summed E-state index contributed by atoms with van der Waals surface area (Å²) in [6, 6.07) is 6.63. The molecule has 2 aromatic rings. The van der Waals surface area contributed by atoms with Crippen molar-refractivity contribution in [2.24, 2.45) is 7.05 Å². The Bertz CT molecular complexity index is 748. The molecule has 4 heteroatoms. The number of piperidine rings is 1. The van der Waals surface area contributed by atoms with Gasteiger partial charge in [0.25, 0.3) is 0 Å². The number of rotatable bonds is 5. The number of quaternary nitrogens is 1. The fourth-order valence-corrected chi connectivity index (χ4v) is 4.20. The molecule has 1 aromatic carbocycles. The van der Waals surface area contributed by atoms with Crippen molar-refractivity contribution in [2.75, 3.05) is 20.2 Å². The van der Waals surface area contributed by atoms with Gasteiger partial charge in [-0.05, 0) is 50.8 Å². The number of hydrogen-bond acceptors (Lipinski definition) is 2. The lowest BCUT2D eigenvalue weighted by molar-refractivity contribution is -0.922. The third kappa shape index (κ3) is 2.95. The first kappa shape index (κ1) is 17.0. The van der Waals surface area contributed by atoms with Gasteiger partial charge in [0.05, 0.1) is 25.3 Å². The van der Waals surface area contributed by atoms with Crippen LogP contribution in [0.1, 0.15) is 48.7 Å². The lowest BCUT2D eigenvalue weighted by Gasteiger charge is -2.31. The minimum atomic E-state index is 0.265. The van der Waals surface area contributed by atoms with E-state index in [9.17, 15) is 4.79 Å². The Kier molecular flexibility index (Phi) is 4.95. The monoisotopic (exact) mass is 329 g/mol. The molecule has 3 rings (SSSR count). The number of Topliss-reactive ketones (excluding diaryl/α,β-unsaturated/α-hetero) is 1. The van der Waals surface area contributed by atoms with Crippen LogP contribution in [0.2, 0.25) is 0 Å². The molecular weight excluding hydrogens is 300 g/mol. The quantitative estimate of drug-likeness (QED) is 0.856. The van der Waals surface area contributed by atoms with Gasteiger partial charge < -0.3 is 14.2 Å². The summed E-state index contributed by atoms with van der Waals surface area (Å²) in [5, 5.41) is 1.02. The van der Waals surface area contributed by atoms with Crippen LogP contribution in [0.5, 0.6) is 5.75 Å². The molecule has 1 N–H and O–H groups in total. The van der Waals surface area contributed by atoms with E-state index in [1.165, 1.54) is 24.2 Å². The third-order valence-corrected chi connectivity index (χ3v) is 5.74. The number of carbonyl (C=O) groups is 1. The van der Waals surface area contributed by atoms with Gasteiger partial charge in [0.1, 0.15) is 12.3 Å². The fraction of sp³-hybridized carbons (Fsp3) is 0.550. The maximum Gasteiger partial charge on any atom is 0.219 e. The Morgan fingerprint density at radius 3 is 2.88 bits per heavy atom. The summed E-state index contributed by atoms with van der Waals surface area (Å²) < 4.78 is 7.48. The maximum atomic E-state index is 13.1. The molecule has 0 amide bonds. The number of carbonyl (C=O) groups excluding carboxylic acids is 1. The predicted molar refractivity (Wildman–Crippen MR) is 97.2 cm³/mol. The van der Waals surface area contributed by atoms with Crippen molar-refractivity contribution < 1.29 is 14.4 Å². The molecule has 2 heterocycles. The molecule has 1 aliphatic heterocycles. The van der Waals surface area contributed by atoms with Crippen molar-refractivity contribution in [1.29, 1.82) is 0 Å². The van der Waals surface area contributed by atoms with E-state index >= 15 is 0 Å². The van der Waals surface area contributed by atoms with Gasteiger partial charge in [0, 0.05) is 23.6 Å². The Hall–Kier alpha value is -1.81. The summed E-state index contributed by atoms with van der Waals surface area (Å²) in [7, 11) is 3.70. The van der Waals surface area contributed by atoms with Crippen molar-refractivity contribution in [2.45, 2.75) is 45.6 Å². The standard InChI is InChI=1S/C20H28N2O2/c1-5-15-8-6-7-11-22(15)13-19(23)20-14(2)21(3)18-10-9-16(24-4)12-17(18)20/h9-10,12,15H,5-8,11,13H2,1-4H3/p+1/t15-/m0/s1. The fourth-order valence-electron chi connectivity index (χ4n) is 4.20. The molecule has 1 fully saturated rings. The van der Waals surface area contributed by atoms with E-state index in [1.54, 1.807) is 7.11 Å². The van der Waals surface area contributed by atoms with Gasteiger partial charge in [0.15, 0.2) is 0 Å². The minimum absolute atomic E-state index is 0.265. The van der Waals surface area contributed by atoms with Crippen LogP contribution < -0.4 is 9.64 Å². The van der Waals surface area contributed by atoms with E-state index in [2.05, 4.69) is 11.5 Å². The van der Waals surface area contributed by atoms with Gasteiger partial charge in [-0.15, -0.1) is 0 Å². The summed E-state index contributed by atoms with van der Waals surface area (Å²) in [6.45, 7) is 6.02. The molecule has 0 spiro atoms. The molecule has 0 bridgehead atoms. The number of aryl methyl sites for hydroxylation is 1. The topological polar surface area (TPSA) is 35.7 Å². The van der Waals surface area contributed by atoms with Gasteiger partial charge >= 0.3 is 0 Å². The second-order valence-corrected chi connectivity index (χ2v) is 7.01. The first-order chi connectivity index (χ1) is 11.6. The van der Waals surface area contributed by atoms with Crippen molar-refractivity contribution in [1.82, 2.24) is 4.57 Å². The molecule has 0 saturated carbocycles. The lowest BCUT2D eigenvalue weighted by Crippen LogP contribution is -3.17. The van der Waals surface area contributed by atoms with E-state index in [1.807, 2.05) is 32.2 Å². The SMILES string of the molecule is CC[C@H]1CCCC[NH+]1CC(=O)c1c(C)n(C)c2ccc(OC)cc12. The van der Waals surface area contributed by atoms with Crippen LogP contribution in [-0.2, 0) is 7.05 Å². The minimum Gasteiger partial charge on any atom is -0.497 e. The van der Waals surface area contributed by atoms with E-state index < -0.39 is 0 Å². The zero-order chi connectivity index (χ0) is 17.3. The Morgan fingerprint density at radius 1 is 1.38 bits per heavy atom. The van der Waals surface area contributed by atoms with Crippen LogP contribution >= 0.6 is 0 Å². The van der Waals surface area contributed by atoms with E-state index in [4.69, 9.17) is 4.74 Å². The molecule has 1 unspecified atom stereocenters. The van der Waals surface area contributed by atoms with Crippen LogP contribution in [-0.4, -0.2) is 36.6 Å². The smallest absolute Gasteiger partial charge is 0.219 e. The number of likely N-dealkylation sites (tertiary alicyclic amines) is 1. The predicted octanol–water partition coefficient (Wildman–Crippen LogP) is 2.53. The highest BCUT2D eigenvalue weighted by Crippen LogP contribution is 2.28. The molecule has 0 aliphatic carbocycles. The van der Waals surface area contributed by atoms with Crippen LogP contribution in [0, 0.1) is 6.92 Å². The molecular formula is C20H29N2O2+. The van der Waals surface area contributed by atoms with Gasteiger partial charge in [-0.25, -0.2) is 0 Å². The first-order valence-electron chi connectivity index (χ1n) is 9.07. The van der Waals surface area contributed by atoms with Crippen molar-refractivity contribution in [3.05, 3.63) is 29.5 Å². The third-order valence-electron chi connectivity index (χ3n) is 5.74. The number of ether oxygens (including phenoxy) is 1. The Balaban J connectivity index is 1.95. The second kappa shape index (κ2) is 6.98. The summed E-state index contributed by atoms with van der Waals surface area (Å²) in [5.74, 6) is 1.07. The Labute approximate surface area is 144 Å². The van der Waals surface area contributed by atoms with Crippen LogP contribution in [0.3, 0.4) is 0 Å². The molecule has 1 aliphatic rings. The van der Waals surface area contributed by atoms with Crippen molar-refractivity contribution in [3.8, 4) is 5.75 Å². The average Bonchev–Trinajstić information content (AvgIpc) is 2.85. The molecule has 4 nitrogen and oxygen atoms in total. The molecule has 130 valence electrons. The highest BCUT2D eigenvalue weighted by molar-refractivity contribution is 6.10. The number of nitrogens with one attached hydrogen (secondary N) is 1. The number of benzene rings is 1. The van der Waals surface area contributed by atoms with Crippen molar-refractivity contribution >= 4 is 16.7 Å². The normalized spacial score (nSPS) is 21.2. The molecule has 1 aromatic heterocycles. The molecule has 1 saturated heterocycles. The summed E-state index contributed by atoms with van der Waals surface area (Å²) in [5.41, 5.74) is 3.02. The Morgan fingerprint density at radius 2 is 2.17 bits per heavy atom. The van der Waals surface area contributed by atoms with E-state index in [0.29, 0.717) is 12.6 Å². The summed E-state index contributed by atoms with van der Waals surface area (Å²) in [6.07, 6.45) is 4.95. The lowest BCUT2D eigenvalue weighted by atomic mass is 9.98. The maximum absolute atomic E-state index is 13.1. The highest BCUT2D eigenvalue weighted by Gasteiger charge is 2.29. The van der Waals surface area contributed by atoms with Crippen molar-refractivity contribution in [3.63, 3.8) is 0 Å². The zero-order valence-electron chi connectivity index (χ0n) is 15.3. The van der Waals surface area contributed by atoms with Crippen LogP contribution in [0.25, 0.3) is 10.9 Å². The van der Waals surface area contributed by atoms with Gasteiger partial charge in [-0.3, -0.25) is 4.79 Å². The number of nitrogens with zero attached hydrogens (tertiary/aromatic N) is 1. The number of hydrogen-bond donors (Lipinski definition) is 1. The summed E-state index contributed by atoms with van der Waals surface area (Å²) >= 11 is 0. The molecule has 2 atom stereocenters. The number of fused-ring (bicyclic) bond motifs is 1. The van der Waals surface area contributed by atoms with Gasteiger partial charge in [-0.2, -0.15) is 0 Å². The first-order valence-corrected chi connectivity index (χ1v) is 9.07. The molecule has 24 heavy (non-hydrogen) atoms. The van der Waals surface area contributed by atoms with Crippen LogP contribution in [0.15, 0.2) is 18.2 Å². The van der Waals surface area contributed by atoms with E-state index in [0.717, 1.165) is 40.9 Å². The zero-order valence-corrected chi connectivity index (χ0v) is 15.3. The van der Waals surface area contributed by atoms with Gasteiger partial charge in [0.2, 0.25) is 5.78 Å². The average molecular weight is 329 g/mol. The molecule has 0 radical (unpaired) electrons. The number of methoxy groups -OCH3 is 1. The second-order valence-electron chi connectivity index (χ2n) is 7.01. The van der Waals surface area contributed by atoms with Crippen LogP contribution in [0.4, 0.5) is 0 Å².